The molecule has 1 aromatic rings. The average molecular weight is 319 g/mol. The van der Waals surface area contributed by atoms with Crippen LogP contribution in [0.25, 0.3) is 0 Å². The van der Waals surface area contributed by atoms with Crippen LogP contribution in [0.3, 0.4) is 0 Å². The van der Waals surface area contributed by atoms with Gasteiger partial charge < -0.3 is 4.74 Å². The van der Waals surface area contributed by atoms with Crippen LogP contribution in [0.2, 0.25) is 25.7 Å². The number of ketones is 1. The molecule has 0 amide bonds. The fourth-order valence-electron chi connectivity index (χ4n) is 3.08. The van der Waals surface area contributed by atoms with Gasteiger partial charge in [-0.05, 0) is 30.9 Å². The van der Waals surface area contributed by atoms with Crippen LogP contribution in [-0.4, -0.2) is 20.5 Å². The molecule has 122 valence electrons. The van der Waals surface area contributed by atoms with Crippen molar-refractivity contribution in [3.05, 3.63) is 29.3 Å². The molecule has 0 N–H and O–H groups in total. The molecule has 0 unspecified atom stereocenters. The second kappa shape index (κ2) is 7.96. The van der Waals surface area contributed by atoms with Gasteiger partial charge in [-0.3, -0.25) is 4.79 Å². The summed E-state index contributed by atoms with van der Waals surface area (Å²) in [6.45, 7) is 7.96. The van der Waals surface area contributed by atoms with E-state index in [1.165, 1.54) is 24.4 Å². The zero-order valence-electron chi connectivity index (χ0n) is 14.4. The second-order valence-corrected chi connectivity index (χ2v) is 13.3. The van der Waals surface area contributed by atoms with Crippen molar-refractivity contribution in [1.82, 2.24) is 0 Å². The topological polar surface area (TPSA) is 26.3 Å². The Morgan fingerprint density at radius 1 is 1.09 bits per heavy atom. The average Bonchev–Trinajstić information content (AvgIpc) is 2.45. The van der Waals surface area contributed by atoms with E-state index in [2.05, 4.69) is 25.7 Å². The summed E-state index contributed by atoms with van der Waals surface area (Å²) in [5.74, 6) is 1.10. The van der Waals surface area contributed by atoms with Crippen LogP contribution in [0, 0.1) is 0 Å². The first-order valence-corrected chi connectivity index (χ1v) is 12.5. The Balaban J connectivity index is 2.17. The Bertz CT molecular complexity index is 503. The molecule has 1 aromatic carbocycles. The van der Waals surface area contributed by atoms with Crippen molar-refractivity contribution in [3.8, 4) is 5.75 Å². The first-order chi connectivity index (χ1) is 10.5. The summed E-state index contributed by atoms with van der Waals surface area (Å²) in [4.78, 5) is 12.6. The maximum atomic E-state index is 12.6. The zero-order valence-corrected chi connectivity index (χ0v) is 15.4. The van der Waals surface area contributed by atoms with Gasteiger partial charge in [0.25, 0.3) is 0 Å². The second-order valence-electron chi connectivity index (χ2n) is 7.64. The van der Waals surface area contributed by atoms with Gasteiger partial charge in [-0.15, -0.1) is 0 Å². The molecule has 0 saturated heterocycles. The molecule has 1 aliphatic rings. The highest BCUT2D eigenvalue weighted by Gasteiger charge is 2.19. The Morgan fingerprint density at radius 3 is 2.64 bits per heavy atom. The predicted molar refractivity (Wildman–Crippen MR) is 95.8 cm³/mol. The normalized spacial score (nSPS) is 16.8. The van der Waals surface area contributed by atoms with Crippen LogP contribution in [0.1, 0.15) is 54.4 Å². The van der Waals surface area contributed by atoms with E-state index >= 15 is 0 Å². The van der Waals surface area contributed by atoms with Crippen molar-refractivity contribution in [1.29, 1.82) is 0 Å². The van der Waals surface area contributed by atoms with Gasteiger partial charge in [-0.2, -0.15) is 0 Å². The van der Waals surface area contributed by atoms with Crippen molar-refractivity contribution in [3.63, 3.8) is 0 Å². The first kappa shape index (κ1) is 17.3. The number of benzene rings is 1. The van der Waals surface area contributed by atoms with Crippen molar-refractivity contribution >= 4 is 13.9 Å². The molecule has 0 radical (unpaired) electrons. The maximum absolute atomic E-state index is 12.6. The Hall–Kier alpha value is -1.09. The molecule has 2 nitrogen and oxygen atoms in total. The molecule has 3 heteroatoms. The van der Waals surface area contributed by atoms with E-state index in [9.17, 15) is 4.79 Å². The summed E-state index contributed by atoms with van der Waals surface area (Å²) in [7, 11) is -1.01. The fraction of sp³-hybridized carbons (Fsp3) is 0.632. The van der Waals surface area contributed by atoms with Crippen molar-refractivity contribution in [2.24, 2.45) is 0 Å². The number of Topliss-reactive ketones (excluding diaryl/α,β-unsaturated/α-hetero) is 1. The number of aryl methyl sites for hydroxylation is 1. The van der Waals surface area contributed by atoms with Crippen LogP contribution in [0.5, 0.6) is 5.75 Å². The van der Waals surface area contributed by atoms with E-state index < -0.39 is 8.07 Å². The Labute approximate surface area is 136 Å². The summed E-state index contributed by atoms with van der Waals surface area (Å²) in [5, 5.41) is 0. The summed E-state index contributed by atoms with van der Waals surface area (Å²) >= 11 is 0. The molecule has 0 fully saturated rings. The minimum atomic E-state index is -1.01. The van der Waals surface area contributed by atoms with E-state index in [-0.39, 0.29) is 5.78 Å². The van der Waals surface area contributed by atoms with E-state index in [4.69, 9.17) is 4.74 Å². The highest BCUT2D eigenvalue weighted by Crippen LogP contribution is 2.28. The SMILES string of the molecule is C[Si](C)(C)CCCc1cccc2c1C(=O)CCCCCCO2. The molecular weight excluding hydrogens is 288 g/mol. The third-order valence-electron chi connectivity index (χ3n) is 4.32. The third-order valence-corrected chi connectivity index (χ3v) is 6.17. The highest BCUT2D eigenvalue weighted by atomic mass is 28.3. The van der Waals surface area contributed by atoms with E-state index in [0.717, 1.165) is 43.6 Å². The van der Waals surface area contributed by atoms with Gasteiger partial charge >= 0.3 is 0 Å². The number of ether oxygens (including phenoxy) is 1. The van der Waals surface area contributed by atoms with Crippen LogP contribution < -0.4 is 4.74 Å². The third kappa shape index (κ3) is 5.27. The molecule has 0 spiro atoms. The Kier molecular flexibility index (Phi) is 6.24. The first-order valence-electron chi connectivity index (χ1n) is 8.75. The number of fused-ring (bicyclic) bond motifs is 1. The summed E-state index contributed by atoms with van der Waals surface area (Å²) in [6, 6.07) is 7.44. The maximum Gasteiger partial charge on any atom is 0.166 e. The number of carbonyl (C=O) groups is 1. The van der Waals surface area contributed by atoms with Crippen LogP contribution in [0.4, 0.5) is 0 Å². The summed E-state index contributed by atoms with van der Waals surface area (Å²) in [6.07, 6.45) is 7.26. The van der Waals surface area contributed by atoms with Crippen LogP contribution in [0.15, 0.2) is 18.2 Å². The van der Waals surface area contributed by atoms with Gasteiger partial charge in [0.2, 0.25) is 0 Å². The number of hydrogen-bond donors (Lipinski definition) is 0. The Morgan fingerprint density at radius 2 is 1.86 bits per heavy atom. The molecule has 0 atom stereocenters. The van der Waals surface area contributed by atoms with Gasteiger partial charge in [0.1, 0.15) is 5.75 Å². The largest absolute Gasteiger partial charge is 0.493 e. The summed E-state index contributed by atoms with van der Waals surface area (Å²) in [5.41, 5.74) is 2.07. The molecule has 2 rings (SSSR count). The zero-order chi connectivity index (χ0) is 16.0. The lowest BCUT2D eigenvalue weighted by Crippen LogP contribution is -2.19. The smallest absolute Gasteiger partial charge is 0.166 e. The fourth-order valence-corrected chi connectivity index (χ4v) is 4.32. The van der Waals surface area contributed by atoms with E-state index in [0.29, 0.717) is 6.42 Å². The number of carbonyl (C=O) groups excluding carboxylic acids is 1. The minimum absolute atomic E-state index is 0.278. The molecular formula is C19H30O2Si. The van der Waals surface area contributed by atoms with Crippen LogP contribution >= 0.6 is 0 Å². The van der Waals surface area contributed by atoms with Crippen molar-refractivity contribution in [2.75, 3.05) is 6.61 Å². The molecule has 0 aliphatic carbocycles. The quantitative estimate of drug-likeness (QED) is 0.687. The highest BCUT2D eigenvalue weighted by molar-refractivity contribution is 6.76. The molecule has 0 aromatic heterocycles. The number of hydrogen-bond acceptors (Lipinski definition) is 2. The summed E-state index contributed by atoms with van der Waals surface area (Å²) < 4.78 is 5.91. The lowest BCUT2D eigenvalue weighted by atomic mass is 9.95. The predicted octanol–water partition coefficient (Wildman–Crippen LogP) is 5.48. The molecule has 22 heavy (non-hydrogen) atoms. The standard InChI is InChI=1S/C19H30O2Si/c1-22(2,3)15-9-11-16-10-8-13-18-19(16)17(20)12-6-4-5-7-14-21-18/h8,10,13H,4-7,9,11-12,14-15H2,1-3H3. The van der Waals surface area contributed by atoms with Crippen molar-refractivity contribution < 1.29 is 9.53 Å². The van der Waals surface area contributed by atoms with E-state index in [1.807, 2.05) is 12.1 Å². The molecule has 1 aliphatic heterocycles. The van der Waals surface area contributed by atoms with Gasteiger partial charge in [0.05, 0.1) is 12.2 Å². The lowest BCUT2D eigenvalue weighted by molar-refractivity contribution is 0.0972. The monoisotopic (exact) mass is 318 g/mol. The lowest BCUT2D eigenvalue weighted by Gasteiger charge is -2.18. The van der Waals surface area contributed by atoms with Crippen LogP contribution in [-0.2, 0) is 6.42 Å². The van der Waals surface area contributed by atoms with Crippen molar-refractivity contribution in [2.45, 2.75) is 70.6 Å². The van der Waals surface area contributed by atoms with Gasteiger partial charge in [0.15, 0.2) is 5.78 Å². The number of rotatable bonds is 4. The molecule has 1 heterocycles. The van der Waals surface area contributed by atoms with Gasteiger partial charge in [-0.25, -0.2) is 0 Å². The molecule has 0 saturated carbocycles. The van der Waals surface area contributed by atoms with Gasteiger partial charge in [0, 0.05) is 14.5 Å². The van der Waals surface area contributed by atoms with E-state index in [1.54, 1.807) is 0 Å². The minimum Gasteiger partial charge on any atom is -0.493 e. The van der Waals surface area contributed by atoms with Gasteiger partial charge in [-0.1, -0.05) is 57.1 Å². The molecule has 0 bridgehead atoms.